The summed E-state index contributed by atoms with van der Waals surface area (Å²) in [5, 5.41) is 11.1. The van der Waals surface area contributed by atoms with Crippen LogP contribution >= 0.6 is 0 Å². The Morgan fingerprint density at radius 1 is 1.40 bits per heavy atom. The molecule has 1 fully saturated rings. The van der Waals surface area contributed by atoms with Crippen molar-refractivity contribution in [3.63, 3.8) is 0 Å². The summed E-state index contributed by atoms with van der Waals surface area (Å²) in [6.07, 6.45) is 5.54. The maximum Gasteiger partial charge on any atom is 0.329 e. The van der Waals surface area contributed by atoms with Gasteiger partial charge in [0.05, 0.1) is 4.92 Å². The van der Waals surface area contributed by atoms with E-state index in [0.717, 1.165) is 38.8 Å². The van der Waals surface area contributed by atoms with Gasteiger partial charge in [0.25, 0.3) is 0 Å². The number of piperidine rings is 1. The number of anilines is 2. The highest BCUT2D eigenvalue weighted by Gasteiger charge is 2.34. The third-order valence-electron chi connectivity index (χ3n) is 4.59. The minimum atomic E-state index is -0.448. The number of nitrogen functional groups attached to an aromatic ring is 1. The number of rotatable bonds is 4. The van der Waals surface area contributed by atoms with E-state index in [0.29, 0.717) is 11.2 Å². The molecule has 1 aliphatic rings. The topological polar surface area (TPSA) is 98.2 Å². The van der Waals surface area contributed by atoms with Crippen LogP contribution in [-0.4, -0.2) is 28.0 Å². The van der Waals surface area contributed by atoms with Crippen LogP contribution in [0.5, 0.6) is 0 Å². The Labute approximate surface area is 118 Å². The quantitative estimate of drug-likeness (QED) is 0.671. The molecule has 1 aliphatic heterocycles. The zero-order valence-corrected chi connectivity index (χ0v) is 12.0. The van der Waals surface area contributed by atoms with Gasteiger partial charge < -0.3 is 10.6 Å². The van der Waals surface area contributed by atoms with E-state index < -0.39 is 4.92 Å². The van der Waals surface area contributed by atoms with Crippen LogP contribution in [0.15, 0.2) is 6.20 Å². The van der Waals surface area contributed by atoms with Crippen LogP contribution in [0.4, 0.5) is 17.5 Å². The number of hydrogen-bond donors (Lipinski definition) is 1. The molecule has 1 saturated heterocycles. The molecule has 20 heavy (non-hydrogen) atoms. The van der Waals surface area contributed by atoms with E-state index >= 15 is 0 Å². The Kier molecular flexibility index (Phi) is 4.06. The molecule has 1 aromatic heterocycles. The number of nitrogens with zero attached hydrogens (tertiary/aromatic N) is 4. The summed E-state index contributed by atoms with van der Waals surface area (Å²) in [5.74, 6) is 0.428. The lowest BCUT2D eigenvalue weighted by Gasteiger charge is -2.41. The van der Waals surface area contributed by atoms with E-state index in [1.807, 2.05) is 4.90 Å². The van der Waals surface area contributed by atoms with Gasteiger partial charge in [-0.15, -0.1) is 0 Å². The molecule has 0 aromatic carbocycles. The fourth-order valence-electron chi connectivity index (χ4n) is 2.89. The highest BCUT2D eigenvalue weighted by molar-refractivity contribution is 5.58. The first-order chi connectivity index (χ1) is 9.51. The molecule has 2 rings (SSSR count). The monoisotopic (exact) mass is 279 g/mol. The van der Waals surface area contributed by atoms with Crippen molar-refractivity contribution in [3.8, 4) is 0 Å². The van der Waals surface area contributed by atoms with Gasteiger partial charge in [-0.25, -0.2) is 4.98 Å². The molecule has 1 aromatic rings. The van der Waals surface area contributed by atoms with Crippen molar-refractivity contribution in [2.75, 3.05) is 23.7 Å². The molecule has 0 saturated carbocycles. The van der Waals surface area contributed by atoms with Crippen molar-refractivity contribution in [1.29, 1.82) is 0 Å². The van der Waals surface area contributed by atoms with E-state index in [1.54, 1.807) is 0 Å². The lowest BCUT2D eigenvalue weighted by atomic mass is 9.74. The molecule has 7 heteroatoms. The van der Waals surface area contributed by atoms with Crippen LogP contribution in [-0.2, 0) is 0 Å². The summed E-state index contributed by atoms with van der Waals surface area (Å²) < 4.78 is 0. The number of hydrogen-bond acceptors (Lipinski definition) is 6. The van der Waals surface area contributed by atoms with Crippen molar-refractivity contribution in [1.82, 2.24) is 9.97 Å². The van der Waals surface area contributed by atoms with Gasteiger partial charge in [0.2, 0.25) is 11.8 Å². The van der Waals surface area contributed by atoms with E-state index in [2.05, 4.69) is 23.8 Å². The third-order valence-corrected chi connectivity index (χ3v) is 4.59. The van der Waals surface area contributed by atoms with E-state index in [1.165, 1.54) is 6.20 Å². The second-order valence-corrected chi connectivity index (χ2v) is 5.39. The Balaban J connectivity index is 2.22. The van der Waals surface area contributed by atoms with E-state index in [4.69, 9.17) is 5.73 Å². The highest BCUT2D eigenvalue weighted by Crippen LogP contribution is 2.40. The fourth-order valence-corrected chi connectivity index (χ4v) is 2.89. The summed E-state index contributed by atoms with van der Waals surface area (Å²) in [6.45, 7) is 5.98. The summed E-state index contributed by atoms with van der Waals surface area (Å²) in [4.78, 5) is 20.4. The first-order valence-corrected chi connectivity index (χ1v) is 7.03. The standard InChI is InChI=1S/C13H21N5O2/c1-3-13(4-2)5-7-17(8-6-13)11-10(18(19)20)9-15-12(14)16-11/h9H,3-8H2,1-2H3,(H2,14,15,16). The largest absolute Gasteiger partial charge is 0.368 e. The molecule has 2 N–H and O–H groups in total. The molecule has 0 amide bonds. The molecule has 0 spiro atoms. The summed E-state index contributed by atoms with van der Waals surface area (Å²) >= 11 is 0. The highest BCUT2D eigenvalue weighted by atomic mass is 16.6. The van der Waals surface area contributed by atoms with Crippen molar-refractivity contribution in [2.45, 2.75) is 39.5 Å². The maximum atomic E-state index is 11.1. The predicted octanol–water partition coefficient (Wildman–Crippen LogP) is 2.37. The zero-order chi connectivity index (χ0) is 14.8. The number of nitro groups is 1. The van der Waals surface area contributed by atoms with Crippen LogP contribution in [0.25, 0.3) is 0 Å². The Morgan fingerprint density at radius 2 is 2.00 bits per heavy atom. The van der Waals surface area contributed by atoms with Gasteiger partial charge in [0.1, 0.15) is 6.20 Å². The fraction of sp³-hybridized carbons (Fsp3) is 0.692. The third kappa shape index (κ3) is 2.66. The second kappa shape index (κ2) is 5.60. The van der Waals surface area contributed by atoms with Gasteiger partial charge in [0.15, 0.2) is 0 Å². The smallest absolute Gasteiger partial charge is 0.329 e. The average Bonchev–Trinajstić information content (AvgIpc) is 2.47. The van der Waals surface area contributed by atoms with Crippen LogP contribution in [0.1, 0.15) is 39.5 Å². The minimum absolute atomic E-state index is 0.0697. The molecule has 0 aliphatic carbocycles. The van der Waals surface area contributed by atoms with Crippen LogP contribution < -0.4 is 10.6 Å². The summed E-state index contributed by atoms with van der Waals surface area (Å²) in [6, 6.07) is 0. The van der Waals surface area contributed by atoms with Gasteiger partial charge in [-0.05, 0) is 18.3 Å². The second-order valence-electron chi connectivity index (χ2n) is 5.39. The molecular formula is C13H21N5O2. The van der Waals surface area contributed by atoms with Crippen molar-refractivity contribution >= 4 is 17.5 Å². The molecule has 2 heterocycles. The van der Waals surface area contributed by atoms with Gasteiger partial charge in [-0.3, -0.25) is 10.1 Å². The summed E-state index contributed by atoms with van der Waals surface area (Å²) in [7, 11) is 0. The van der Waals surface area contributed by atoms with Crippen molar-refractivity contribution in [3.05, 3.63) is 16.3 Å². The molecule has 0 radical (unpaired) electrons. The molecular weight excluding hydrogens is 258 g/mol. The maximum absolute atomic E-state index is 11.1. The van der Waals surface area contributed by atoms with E-state index in [9.17, 15) is 10.1 Å². The molecule has 110 valence electrons. The molecule has 0 atom stereocenters. The first kappa shape index (κ1) is 14.5. The Morgan fingerprint density at radius 3 is 2.50 bits per heavy atom. The molecule has 0 unspecified atom stereocenters. The zero-order valence-electron chi connectivity index (χ0n) is 12.0. The minimum Gasteiger partial charge on any atom is -0.368 e. The Bertz CT molecular complexity index is 492. The Hall–Kier alpha value is -1.92. The SMILES string of the molecule is CCC1(CC)CCN(c2nc(N)ncc2[N+](=O)[O-])CC1. The molecule has 0 bridgehead atoms. The van der Waals surface area contributed by atoms with Gasteiger partial charge in [-0.2, -0.15) is 4.98 Å². The van der Waals surface area contributed by atoms with Crippen molar-refractivity contribution in [2.24, 2.45) is 5.41 Å². The van der Waals surface area contributed by atoms with Gasteiger partial charge >= 0.3 is 5.69 Å². The van der Waals surface area contributed by atoms with Crippen LogP contribution in [0.2, 0.25) is 0 Å². The summed E-state index contributed by atoms with van der Waals surface area (Å²) in [5.41, 5.74) is 5.86. The van der Waals surface area contributed by atoms with Crippen LogP contribution in [0, 0.1) is 15.5 Å². The van der Waals surface area contributed by atoms with Gasteiger partial charge in [0, 0.05) is 13.1 Å². The van der Waals surface area contributed by atoms with Crippen LogP contribution in [0.3, 0.4) is 0 Å². The lowest BCUT2D eigenvalue weighted by molar-refractivity contribution is -0.384. The van der Waals surface area contributed by atoms with E-state index in [-0.39, 0.29) is 11.6 Å². The van der Waals surface area contributed by atoms with Gasteiger partial charge in [-0.1, -0.05) is 26.7 Å². The average molecular weight is 279 g/mol. The number of aromatic nitrogens is 2. The van der Waals surface area contributed by atoms with Crippen molar-refractivity contribution < 1.29 is 4.92 Å². The molecule has 7 nitrogen and oxygen atoms in total. The number of nitrogens with two attached hydrogens (primary N) is 1. The first-order valence-electron chi connectivity index (χ1n) is 7.03. The predicted molar refractivity (Wildman–Crippen MR) is 77.6 cm³/mol. The normalized spacial score (nSPS) is 18.0. The lowest BCUT2D eigenvalue weighted by Crippen LogP contribution is -2.40.